The summed E-state index contributed by atoms with van der Waals surface area (Å²) >= 11 is 0. The van der Waals surface area contributed by atoms with E-state index in [1.807, 2.05) is 43.7 Å². The van der Waals surface area contributed by atoms with Crippen LogP contribution in [0.3, 0.4) is 0 Å². The summed E-state index contributed by atoms with van der Waals surface area (Å²) in [6.07, 6.45) is 15.3. The molecule has 0 radical (unpaired) electrons. The molecule has 2 aromatic heterocycles. The number of rotatable bonds is 4. The number of nitrogens with zero attached hydrogens (tertiary/aromatic N) is 3. The summed E-state index contributed by atoms with van der Waals surface area (Å²) in [5, 5.41) is 2.40. The number of benzene rings is 1. The molecule has 26 heavy (non-hydrogen) atoms. The van der Waals surface area contributed by atoms with Crippen molar-refractivity contribution < 1.29 is 4.74 Å². The molecule has 4 heteroatoms. The number of allylic oxidation sites excluding steroid dienone is 1. The highest BCUT2D eigenvalue weighted by Gasteiger charge is 2.19. The third kappa shape index (κ3) is 3.15. The fourth-order valence-corrected chi connectivity index (χ4v) is 3.29. The van der Waals surface area contributed by atoms with E-state index in [0.717, 1.165) is 18.4 Å². The van der Waals surface area contributed by atoms with Gasteiger partial charge in [-0.2, -0.15) is 0 Å². The molecule has 0 saturated heterocycles. The predicted molar refractivity (Wildman–Crippen MR) is 108 cm³/mol. The van der Waals surface area contributed by atoms with Gasteiger partial charge in [0.05, 0.1) is 5.52 Å². The Hall–Kier alpha value is -2.88. The van der Waals surface area contributed by atoms with Gasteiger partial charge in [0.2, 0.25) is 5.90 Å². The topological polar surface area (TPSA) is 39.4 Å². The fourth-order valence-electron chi connectivity index (χ4n) is 3.29. The Morgan fingerprint density at radius 3 is 2.88 bits per heavy atom. The molecular weight excluding hydrogens is 322 g/mol. The van der Waals surface area contributed by atoms with E-state index in [9.17, 15) is 0 Å². The number of hydrogen-bond acceptors (Lipinski definition) is 3. The van der Waals surface area contributed by atoms with Crippen molar-refractivity contribution in [3.8, 4) is 0 Å². The third-order valence-electron chi connectivity index (χ3n) is 4.95. The molecule has 0 atom stereocenters. The van der Waals surface area contributed by atoms with Crippen molar-refractivity contribution in [2.45, 2.75) is 32.3 Å². The third-order valence-corrected chi connectivity index (χ3v) is 4.95. The molecule has 1 saturated carbocycles. The SMILES string of the molecule is C\C=C/C(=N\C=C\c1ccc2c3cnccc3n(C)c2c1)OC1CCC1. The van der Waals surface area contributed by atoms with Gasteiger partial charge >= 0.3 is 0 Å². The summed E-state index contributed by atoms with van der Waals surface area (Å²) in [6, 6.07) is 8.50. The lowest BCUT2D eigenvalue weighted by Gasteiger charge is -2.25. The van der Waals surface area contributed by atoms with Gasteiger partial charge in [-0.1, -0.05) is 18.2 Å². The average molecular weight is 345 g/mol. The van der Waals surface area contributed by atoms with Gasteiger partial charge in [-0.15, -0.1) is 0 Å². The van der Waals surface area contributed by atoms with Crippen molar-refractivity contribution in [2.24, 2.45) is 12.0 Å². The van der Waals surface area contributed by atoms with Crippen LogP contribution in [0, 0.1) is 0 Å². The van der Waals surface area contributed by atoms with Crippen LogP contribution in [0.4, 0.5) is 0 Å². The maximum atomic E-state index is 5.89. The van der Waals surface area contributed by atoms with Crippen molar-refractivity contribution in [1.29, 1.82) is 0 Å². The van der Waals surface area contributed by atoms with E-state index < -0.39 is 0 Å². The van der Waals surface area contributed by atoms with Gasteiger partial charge in [-0.25, -0.2) is 4.99 Å². The maximum Gasteiger partial charge on any atom is 0.213 e. The van der Waals surface area contributed by atoms with E-state index in [0.29, 0.717) is 12.0 Å². The predicted octanol–water partition coefficient (Wildman–Crippen LogP) is 5.24. The van der Waals surface area contributed by atoms with E-state index in [1.165, 1.54) is 28.2 Å². The van der Waals surface area contributed by atoms with E-state index in [-0.39, 0.29) is 0 Å². The quantitative estimate of drug-likeness (QED) is 0.479. The minimum absolute atomic E-state index is 0.333. The van der Waals surface area contributed by atoms with Gasteiger partial charge in [0.15, 0.2) is 0 Å². The molecule has 0 N–H and O–H groups in total. The molecule has 0 spiro atoms. The van der Waals surface area contributed by atoms with Gasteiger partial charge in [-0.05, 0) is 56.0 Å². The van der Waals surface area contributed by atoms with E-state index in [4.69, 9.17) is 4.74 Å². The van der Waals surface area contributed by atoms with Crippen molar-refractivity contribution in [3.05, 3.63) is 60.6 Å². The van der Waals surface area contributed by atoms with Crippen LogP contribution in [0.15, 0.2) is 60.0 Å². The number of ether oxygens (including phenoxy) is 1. The first-order chi connectivity index (χ1) is 12.8. The Bertz CT molecular complexity index is 1020. The maximum absolute atomic E-state index is 5.89. The first kappa shape index (κ1) is 16.6. The highest BCUT2D eigenvalue weighted by Crippen LogP contribution is 2.28. The van der Waals surface area contributed by atoms with Crippen LogP contribution in [0.1, 0.15) is 31.7 Å². The zero-order valence-corrected chi connectivity index (χ0v) is 15.2. The van der Waals surface area contributed by atoms with Crippen LogP contribution in [-0.2, 0) is 11.8 Å². The summed E-state index contributed by atoms with van der Waals surface area (Å²) in [4.78, 5) is 8.74. The molecule has 0 amide bonds. The van der Waals surface area contributed by atoms with Crippen LogP contribution >= 0.6 is 0 Å². The number of aromatic nitrogens is 2. The lowest BCUT2D eigenvalue weighted by molar-refractivity contribution is 0.110. The number of hydrogen-bond donors (Lipinski definition) is 0. The zero-order chi connectivity index (χ0) is 17.9. The van der Waals surface area contributed by atoms with Crippen molar-refractivity contribution in [1.82, 2.24) is 9.55 Å². The number of pyridine rings is 1. The van der Waals surface area contributed by atoms with Crippen LogP contribution in [-0.4, -0.2) is 21.6 Å². The van der Waals surface area contributed by atoms with Crippen LogP contribution in [0.2, 0.25) is 0 Å². The standard InChI is InChI=1S/C22H23N3O/c1-3-5-22(26-17-6-4-7-17)24-13-10-16-8-9-18-19-15-23-12-11-20(19)25(2)21(18)14-16/h3,5,8-15,17H,4,6-7H2,1-2H3/b5-3-,13-10+,24-22+. The lowest BCUT2D eigenvalue weighted by atomic mass is 9.96. The average Bonchev–Trinajstić information content (AvgIpc) is 2.91. The fraction of sp³-hybridized carbons (Fsp3) is 0.273. The van der Waals surface area contributed by atoms with Crippen LogP contribution in [0.25, 0.3) is 27.9 Å². The zero-order valence-electron chi connectivity index (χ0n) is 15.2. The Labute approximate surface area is 153 Å². The molecule has 3 aromatic rings. The highest BCUT2D eigenvalue weighted by atomic mass is 16.5. The number of aryl methyl sites for hydroxylation is 1. The summed E-state index contributed by atoms with van der Waals surface area (Å²) in [5.41, 5.74) is 3.50. The van der Waals surface area contributed by atoms with Crippen molar-refractivity contribution >= 4 is 33.8 Å². The molecule has 4 rings (SSSR count). The van der Waals surface area contributed by atoms with E-state index in [2.05, 4.69) is 45.9 Å². The minimum Gasteiger partial charge on any atom is -0.474 e. The normalized spacial score (nSPS) is 16.2. The molecule has 0 unspecified atom stereocenters. The lowest BCUT2D eigenvalue weighted by Crippen LogP contribution is -2.24. The molecule has 0 aliphatic heterocycles. The van der Waals surface area contributed by atoms with Crippen LogP contribution < -0.4 is 0 Å². The molecule has 132 valence electrons. The summed E-state index contributed by atoms with van der Waals surface area (Å²) in [7, 11) is 2.09. The molecule has 1 aliphatic carbocycles. The Morgan fingerprint density at radius 2 is 2.12 bits per heavy atom. The second-order valence-electron chi connectivity index (χ2n) is 6.68. The molecule has 4 nitrogen and oxygen atoms in total. The summed E-state index contributed by atoms with van der Waals surface area (Å²) in [6.45, 7) is 1.98. The molecule has 1 aromatic carbocycles. The first-order valence-corrected chi connectivity index (χ1v) is 9.12. The van der Waals surface area contributed by atoms with Crippen molar-refractivity contribution in [2.75, 3.05) is 0 Å². The van der Waals surface area contributed by atoms with Gasteiger partial charge in [0.1, 0.15) is 6.10 Å². The Balaban J connectivity index is 1.61. The van der Waals surface area contributed by atoms with Crippen molar-refractivity contribution in [3.63, 3.8) is 0 Å². The largest absolute Gasteiger partial charge is 0.474 e. The second kappa shape index (κ2) is 7.16. The van der Waals surface area contributed by atoms with Gasteiger partial charge in [0.25, 0.3) is 0 Å². The first-order valence-electron chi connectivity index (χ1n) is 9.12. The van der Waals surface area contributed by atoms with Gasteiger partial charge in [0, 0.05) is 41.9 Å². The summed E-state index contributed by atoms with van der Waals surface area (Å²) < 4.78 is 8.10. The number of fused-ring (bicyclic) bond motifs is 3. The smallest absolute Gasteiger partial charge is 0.213 e. The highest BCUT2D eigenvalue weighted by molar-refractivity contribution is 6.08. The molecule has 2 heterocycles. The monoisotopic (exact) mass is 345 g/mol. The molecule has 1 fully saturated rings. The van der Waals surface area contributed by atoms with Gasteiger partial charge in [-0.3, -0.25) is 4.98 Å². The van der Waals surface area contributed by atoms with Gasteiger partial charge < -0.3 is 9.30 Å². The second-order valence-corrected chi connectivity index (χ2v) is 6.68. The summed E-state index contributed by atoms with van der Waals surface area (Å²) in [5.74, 6) is 0.685. The number of aliphatic imine (C=N–C) groups is 1. The van der Waals surface area contributed by atoms with Crippen LogP contribution in [0.5, 0.6) is 0 Å². The Kier molecular flexibility index (Phi) is 4.57. The molecule has 1 aliphatic rings. The van der Waals surface area contributed by atoms with E-state index in [1.54, 1.807) is 0 Å². The molecular formula is C22H23N3O. The molecule has 0 bridgehead atoms. The Morgan fingerprint density at radius 1 is 1.23 bits per heavy atom. The minimum atomic E-state index is 0.333. The van der Waals surface area contributed by atoms with E-state index >= 15 is 0 Å².